The number of aromatic nitrogens is 5. The highest BCUT2D eigenvalue weighted by molar-refractivity contribution is 7.99. The van der Waals surface area contributed by atoms with Crippen molar-refractivity contribution in [1.82, 2.24) is 34.6 Å². The molecule has 0 saturated carbocycles. The lowest BCUT2D eigenvalue weighted by Gasteiger charge is -2.26. The van der Waals surface area contributed by atoms with Crippen molar-refractivity contribution in [3.63, 3.8) is 0 Å². The zero-order valence-corrected chi connectivity index (χ0v) is 30.9. The lowest BCUT2D eigenvalue weighted by Crippen LogP contribution is -2.35. The molecule has 3 N–H and O–H groups in total. The number of pyridine rings is 1. The zero-order chi connectivity index (χ0) is 36.2. The van der Waals surface area contributed by atoms with Crippen LogP contribution in [-0.4, -0.2) is 66.7 Å². The Balaban J connectivity index is 1.05. The van der Waals surface area contributed by atoms with Gasteiger partial charge in [0.2, 0.25) is 0 Å². The quantitative estimate of drug-likeness (QED) is 0.123. The molecular weight excluding hydrogens is 696 g/mol. The van der Waals surface area contributed by atoms with Gasteiger partial charge in [-0.05, 0) is 47.9 Å². The standard InChI is InChI=1S/C39H41ClN8O3S/c1-4-39(2,3)34-22-36(48(45-34)29-13-15-31(40)32(49)21-29)42-38(50)41-23-28-7-5-6-8-33(28)52-30-14-16-35-43-44-37(47(35)25-30)27-11-9-26(10-12-27)24-46-17-19-51-20-18-46/h5-16,21-22,25,49H,4,17-20,23-24H2,1-3H3,(H2,41,42,50). The van der Waals surface area contributed by atoms with E-state index in [2.05, 4.69) is 77.0 Å². The van der Waals surface area contributed by atoms with Crippen molar-refractivity contribution in [2.75, 3.05) is 31.6 Å². The normalized spacial score (nSPS) is 13.8. The molecular formula is C39H41ClN8O3S. The van der Waals surface area contributed by atoms with Crippen LogP contribution in [0.15, 0.2) is 101 Å². The first kappa shape index (κ1) is 35.5. The molecule has 7 rings (SSSR count). The van der Waals surface area contributed by atoms with Crippen molar-refractivity contribution in [1.29, 1.82) is 0 Å². The number of hydrogen-bond acceptors (Lipinski definition) is 8. The minimum Gasteiger partial charge on any atom is -0.506 e. The minimum atomic E-state index is -0.383. The van der Waals surface area contributed by atoms with E-state index in [0.717, 1.165) is 77.4 Å². The van der Waals surface area contributed by atoms with E-state index in [0.29, 0.717) is 18.1 Å². The molecule has 3 aromatic heterocycles. The fourth-order valence-corrected chi connectivity index (χ4v) is 7.01. The van der Waals surface area contributed by atoms with Crippen molar-refractivity contribution in [2.24, 2.45) is 0 Å². The summed E-state index contributed by atoms with van der Waals surface area (Å²) in [5.74, 6) is 1.19. The topological polar surface area (TPSA) is 122 Å². The Labute approximate surface area is 312 Å². The average molecular weight is 737 g/mol. The van der Waals surface area contributed by atoms with Gasteiger partial charge in [-0.1, -0.05) is 86.6 Å². The van der Waals surface area contributed by atoms with E-state index in [1.54, 1.807) is 28.6 Å². The van der Waals surface area contributed by atoms with Crippen LogP contribution in [0.1, 0.15) is 44.0 Å². The van der Waals surface area contributed by atoms with Gasteiger partial charge in [-0.2, -0.15) is 5.10 Å². The molecule has 0 bridgehead atoms. The van der Waals surface area contributed by atoms with Crippen LogP contribution < -0.4 is 10.6 Å². The molecule has 1 saturated heterocycles. The Kier molecular flexibility index (Phi) is 10.5. The number of phenolic OH excluding ortho intramolecular Hbond substituents is 1. The van der Waals surface area contributed by atoms with Crippen molar-refractivity contribution in [3.8, 4) is 22.8 Å². The van der Waals surface area contributed by atoms with Gasteiger partial charge in [0.05, 0.1) is 29.6 Å². The number of anilines is 1. The first-order chi connectivity index (χ1) is 25.2. The summed E-state index contributed by atoms with van der Waals surface area (Å²) in [6.07, 6.45) is 2.91. The number of carbonyl (C=O) groups is 1. The highest BCUT2D eigenvalue weighted by atomic mass is 35.5. The average Bonchev–Trinajstić information content (AvgIpc) is 3.78. The van der Waals surface area contributed by atoms with E-state index < -0.39 is 0 Å². The van der Waals surface area contributed by atoms with Crippen LogP contribution in [0.25, 0.3) is 22.7 Å². The highest BCUT2D eigenvalue weighted by Crippen LogP contribution is 2.33. The number of phenols is 1. The summed E-state index contributed by atoms with van der Waals surface area (Å²) < 4.78 is 9.11. The van der Waals surface area contributed by atoms with Crippen molar-refractivity contribution in [2.45, 2.75) is 55.5 Å². The van der Waals surface area contributed by atoms with Gasteiger partial charge in [0.1, 0.15) is 11.6 Å². The Morgan fingerprint density at radius 3 is 2.56 bits per heavy atom. The maximum atomic E-state index is 13.3. The number of rotatable bonds is 11. The zero-order valence-electron chi connectivity index (χ0n) is 29.3. The number of benzene rings is 3. The Bertz CT molecular complexity index is 2190. The number of morpholine rings is 1. The Morgan fingerprint density at radius 2 is 1.79 bits per heavy atom. The fourth-order valence-electron chi connectivity index (χ4n) is 5.93. The molecule has 4 heterocycles. The summed E-state index contributed by atoms with van der Waals surface area (Å²) in [5.41, 5.74) is 5.14. The van der Waals surface area contributed by atoms with E-state index in [1.165, 1.54) is 11.6 Å². The smallest absolute Gasteiger partial charge is 0.320 e. The molecule has 11 nitrogen and oxygen atoms in total. The highest BCUT2D eigenvalue weighted by Gasteiger charge is 2.25. The van der Waals surface area contributed by atoms with Gasteiger partial charge in [0.15, 0.2) is 11.5 Å². The third kappa shape index (κ3) is 7.95. The number of nitrogens with one attached hydrogen (secondary N) is 2. The second kappa shape index (κ2) is 15.4. The molecule has 1 aliphatic heterocycles. The van der Waals surface area contributed by atoms with Gasteiger partial charge in [-0.25, -0.2) is 9.48 Å². The molecule has 0 radical (unpaired) electrons. The van der Waals surface area contributed by atoms with Gasteiger partial charge in [0, 0.05) is 65.3 Å². The summed E-state index contributed by atoms with van der Waals surface area (Å²) in [4.78, 5) is 17.8. The number of urea groups is 1. The summed E-state index contributed by atoms with van der Waals surface area (Å²) >= 11 is 7.68. The van der Waals surface area contributed by atoms with Gasteiger partial charge in [-0.15, -0.1) is 10.2 Å². The van der Waals surface area contributed by atoms with Crippen molar-refractivity contribution in [3.05, 3.63) is 113 Å². The molecule has 0 spiro atoms. The van der Waals surface area contributed by atoms with Crippen LogP contribution in [0.3, 0.4) is 0 Å². The molecule has 0 aliphatic carbocycles. The third-order valence-electron chi connectivity index (χ3n) is 9.44. The molecule has 1 aliphatic rings. The van der Waals surface area contributed by atoms with Gasteiger partial charge >= 0.3 is 6.03 Å². The Morgan fingerprint density at radius 1 is 1.00 bits per heavy atom. The van der Waals surface area contributed by atoms with Crippen LogP contribution >= 0.6 is 23.4 Å². The SMILES string of the molecule is CCC(C)(C)c1cc(NC(=O)NCc2ccccc2Sc2ccc3nnc(-c4ccc(CN5CCOCC5)cc4)n3c2)n(-c2ccc(Cl)c(O)c2)n1. The largest absolute Gasteiger partial charge is 0.506 e. The predicted molar refractivity (Wildman–Crippen MR) is 204 cm³/mol. The van der Waals surface area contributed by atoms with Gasteiger partial charge in [-0.3, -0.25) is 14.6 Å². The summed E-state index contributed by atoms with van der Waals surface area (Å²) in [6.45, 7) is 11.0. The van der Waals surface area contributed by atoms with Crippen LogP contribution in [-0.2, 0) is 23.2 Å². The van der Waals surface area contributed by atoms with E-state index in [4.69, 9.17) is 21.4 Å². The van der Waals surface area contributed by atoms with E-state index in [1.807, 2.05) is 46.9 Å². The number of aromatic hydroxyl groups is 1. The summed E-state index contributed by atoms with van der Waals surface area (Å²) in [6, 6.07) is 26.9. The summed E-state index contributed by atoms with van der Waals surface area (Å²) in [5, 5.41) is 30.2. The number of hydrogen-bond donors (Lipinski definition) is 3. The maximum Gasteiger partial charge on any atom is 0.320 e. The van der Waals surface area contributed by atoms with Crippen LogP contribution in [0.2, 0.25) is 5.02 Å². The van der Waals surface area contributed by atoms with E-state index >= 15 is 0 Å². The van der Waals surface area contributed by atoms with Gasteiger partial charge in [0.25, 0.3) is 0 Å². The molecule has 0 unspecified atom stereocenters. The monoisotopic (exact) mass is 736 g/mol. The first-order valence-corrected chi connectivity index (χ1v) is 18.5. The lowest BCUT2D eigenvalue weighted by molar-refractivity contribution is 0.0342. The number of fused-ring (bicyclic) bond motifs is 1. The minimum absolute atomic E-state index is 0.0658. The van der Waals surface area contributed by atoms with Crippen LogP contribution in [0.4, 0.5) is 10.6 Å². The number of ether oxygens (including phenoxy) is 1. The summed E-state index contributed by atoms with van der Waals surface area (Å²) in [7, 11) is 0. The van der Waals surface area contributed by atoms with E-state index in [9.17, 15) is 9.90 Å². The molecule has 2 amide bonds. The number of carbonyl (C=O) groups excluding carboxylic acids is 1. The van der Waals surface area contributed by atoms with Crippen LogP contribution in [0, 0.1) is 0 Å². The third-order valence-corrected chi connectivity index (χ3v) is 10.9. The van der Waals surface area contributed by atoms with Gasteiger partial charge < -0.3 is 15.2 Å². The molecule has 3 aromatic carbocycles. The molecule has 268 valence electrons. The number of amides is 2. The molecule has 13 heteroatoms. The molecule has 0 atom stereocenters. The molecule has 52 heavy (non-hydrogen) atoms. The lowest BCUT2D eigenvalue weighted by atomic mass is 9.87. The fraction of sp³-hybridized carbons (Fsp3) is 0.282. The molecule has 6 aromatic rings. The second-order valence-electron chi connectivity index (χ2n) is 13.4. The van der Waals surface area contributed by atoms with E-state index in [-0.39, 0.29) is 22.2 Å². The molecule has 1 fully saturated rings. The number of nitrogens with zero attached hydrogens (tertiary/aromatic N) is 6. The predicted octanol–water partition coefficient (Wildman–Crippen LogP) is 7.93. The maximum absolute atomic E-state index is 13.3. The number of halogens is 1. The second-order valence-corrected chi connectivity index (χ2v) is 14.9. The van der Waals surface area contributed by atoms with Crippen molar-refractivity contribution < 1.29 is 14.6 Å². The van der Waals surface area contributed by atoms with Crippen LogP contribution in [0.5, 0.6) is 5.75 Å². The first-order valence-electron chi connectivity index (χ1n) is 17.3. The van der Waals surface area contributed by atoms with Crippen molar-refractivity contribution >= 4 is 40.9 Å². The Hall–Kier alpha value is -4.88.